The quantitative estimate of drug-likeness (QED) is 0.142. The summed E-state index contributed by atoms with van der Waals surface area (Å²) < 4.78 is 33.9. The third kappa shape index (κ3) is 15.4. The van der Waals surface area contributed by atoms with E-state index in [2.05, 4.69) is 9.05 Å². The minimum Gasteiger partial charge on any atom is -0.387 e. The summed E-state index contributed by atoms with van der Waals surface area (Å²) in [7, 11) is -9.95. The topological polar surface area (TPSA) is 203 Å². The molecule has 1 fully saturated rings. The van der Waals surface area contributed by atoms with Crippen molar-refractivity contribution in [3.63, 3.8) is 0 Å². The zero-order chi connectivity index (χ0) is 15.7. The molecule has 1 unspecified atom stereocenters. The Bertz CT molecular complexity index is 428. The molecule has 1 saturated heterocycles. The number of hydrogen-bond acceptors (Lipinski definition) is 8. The van der Waals surface area contributed by atoms with Gasteiger partial charge >= 0.3 is 15.6 Å². The van der Waals surface area contributed by atoms with Gasteiger partial charge in [-0.15, -0.1) is 0 Å². The van der Waals surface area contributed by atoms with Crippen LogP contribution in [0.4, 0.5) is 0 Å². The number of aliphatic hydroxyl groups is 3. The maximum absolute atomic E-state index is 10.6. The Labute approximate surface area is 307 Å². The normalized spacial score (nSPS) is 30.0. The van der Waals surface area contributed by atoms with Gasteiger partial charge in [0, 0.05) is 206 Å². The molecule has 4 radical (unpaired) electrons. The second kappa shape index (κ2) is 17.1. The van der Waals surface area contributed by atoms with Crippen LogP contribution >= 0.6 is 15.6 Å². The van der Waals surface area contributed by atoms with Crippen LogP contribution in [0.15, 0.2) is 0 Å². The van der Waals surface area contributed by atoms with Crippen LogP contribution in [0, 0.1) is 0 Å². The molecule has 0 aliphatic carbocycles. The monoisotopic (exact) mass is 496 g/mol. The molecule has 12 nitrogen and oxygen atoms in total. The van der Waals surface area contributed by atoms with Crippen LogP contribution in [-0.2, 0) is 22.9 Å². The molecule has 0 saturated carbocycles. The van der Waals surface area contributed by atoms with Gasteiger partial charge in [-0.1, -0.05) is 0 Å². The molecule has 1 heterocycles. The van der Waals surface area contributed by atoms with Crippen molar-refractivity contribution in [2.45, 2.75) is 30.7 Å². The fourth-order valence-corrected chi connectivity index (χ4v) is 2.23. The van der Waals surface area contributed by atoms with Gasteiger partial charge in [0.05, 0.1) is 6.61 Å². The van der Waals surface area contributed by atoms with E-state index < -0.39 is 53.0 Å². The van der Waals surface area contributed by atoms with Crippen molar-refractivity contribution in [1.29, 1.82) is 0 Å². The molecule has 1 aliphatic heterocycles. The molecule has 124 valence electrons. The molecule has 1 rings (SSSR count). The summed E-state index contributed by atoms with van der Waals surface area (Å²) in [6.45, 7) is -0.907. The van der Waals surface area contributed by atoms with Crippen molar-refractivity contribution in [3.05, 3.63) is 0 Å². The van der Waals surface area contributed by atoms with Crippen molar-refractivity contribution < 1.29 is 57.8 Å². The SMILES string of the molecule is O=P(O)(O)OC[C@H]1OC(OP(=O)(O)O)[C@H](O)[C@@H](O)[C@@H]1O.[K].[K].[K].[K]. The molecule has 0 amide bonds. The van der Waals surface area contributed by atoms with E-state index in [1.807, 2.05) is 0 Å². The first-order valence-electron chi connectivity index (χ1n) is 5.04. The Balaban J connectivity index is -0.000000500. The van der Waals surface area contributed by atoms with Crippen LogP contribution in [0.25, 0.3) is 0 Å². The van der Waals surface area contributed by atoms with Crippen LogP contribution in [0.2, 0.25) is 0 Å². The summed E-state index contributed by atoms with van der Waals surface area (Å²) in [6.07, 6.45) is -9.32. The van der Waals surface area contributed by atoms with E-state index in [4.69, 9.17) is 24.3 Å². The number of phosphoric acid groups is 2. The predicted octanol–water partition coefficient (Wildman–Crippen LogP) is -4.51. The molecule has 0 aromatic rings. The zero-order valence-corrected chi connectivity index (χ0v) is 27.9. The Morgan fingerprint density at radius 1 is 0.792 bits per heavy atom. The van der Waals surface area contributed by atoms with E-state index in [9.17, 15) is 24.4 Å². The summed E-state index contributed by atoms with van der Waals surface area (Å²) in [5.74, 6) is 0. The fraction of sp³-hybridized carbons (Fsp3) is 1.00. The van der Waals surface area contributed by atoms with E-state index in [0.29, 0.717) is 0 Å². The maximum atomic E-state index is 10.6. The van der Waals surface area contributed by atoms with E-state index in [-0.39, 0.29) is 206 Å². The van der Waals surface area contributed by atoms with Gasteiger partial charge in [-0.05, 0) is 0 Å². The Morgan fingerprint density at radius 2 is 1.25 bits per heavy atom. The Morgan fingerprint density at radius 3 is 1.62 bits per heavy atom. The molecule has 0 bridgehead atoms. The van der Waals surface area contributed by atoms with Gasteiger partial charge in [-0.3, -0.25) is 9.05 Å². The molecule has 7 N–H and O–H groups in total. The summed E-state index contributed by atoms with van der Waals surface area (Å²) in [4.78, 5) is 34.1. The molecule has 0 aromatic carbocycles. The average molecular weight is 497 g/mol. The van der Waals surface area contributed by atoms with Crippen LogP contribution < -0.4 is 0 Å². The minimum atomic E-state index is -5.07. The fourth-order valence-electron chi connectivity index (χ4n) is 1.45. The summed E-state index contributed by atoms with van der Waals surface area (Å²) in [6, 6.07) is 0. The first-order valence-corrected chi connectivity index (χ1v) is 8.10. The van der Waals surface area contributed by atoms with E-state index >= 15 is 0 Å². The van der Waals surface area contributed by atoms with Crippen LogP contribution in [-0.4, -0.2) is 278 Å². The van der Waals surface area contributed by atoms with Gasteiger partial charge in [-0.25, -0.2) is 9.13 Å². The summed E-state index contributed by atoms with van der Waals surface area (Å²) >= 11 is 0. The molecular formula is C6H14K4O12P2. The first kappa shape index (κ1) is 37.9. The van der Waals surface area contributed by atoms with Gasteiger partial charge < -0.3 is 39.6 Å². The average Bonchev–Trinajstić information content (AvgIpc) is 2.25. The predicted molar refractivity (Wildman–Crippen MR) is 80.8 cm³/mol. The van der Waals surface area contributed by atoms with Gasteiger partial charge in [0.15, 0.2) is 6.29 Å². The van der Waals surface area contributed by atoms with Crippen molar-refractivity contribution >= 4 is 221 Å². The maximum Gasteiger partial charge on any atom is 0.472 e. The van der Waals surface area contributed by atoms with Crippen LogP contribution in [0.3, 0.4) is 0 Å². The van der Waals surface area contributed by atoms with Gasteiger partial charge in [-0.2, -0.15) is 0 Å². The van der Waals surface area contributed by atoms with E-state index in [1.165, 1.54) is 0 Å². The molecule has 5 atom stereocenters. The van der Waals surface area contributed by atoms with Gasteiger partial charge in [0.1, 0.15) is 24.4 Å². The molecular weight excluding hydrogens is 482 g/mol. The molecule has 0 aromatic heterocycles. The molecule has 18 heteroatoms. The second-order valence-corrected chi connectivity index (χ2v) is 6.33. The van der Waals surface area contributed by atoms with Crippen LogP contribution in [0.5, 0.6) is 0 Å². The van der Waals surface area contributed by atoms with Crippen molar-refractivity contribution in [2.24, 2.45) is 0 Å². The molecule has 0 spiro atoms. The third-order valence-electron chi connectivity index (χ3n) is 2.32. The Kier molecular flexibility index (Phi) is 27.0. The molecule has 1 aliphatic rings. The smallest absolute Gasteiger partial charge is 0.387 e. The number of rotatable bonds is 5. The van der Waals surface area contributed by atoms with E-state index in [0.717, 1.165) is 0 Å². The second-order valence-electron chi connectivity index (χ2n) is 3.90. The number of ether oxygens (including phenoxy) is 1. The largest absolute Gasteiger partial charge is 0.472 e. The summed E-state index contributed by atoms with van der Waals surface area (Å²) in [5.41, 5.74) is 0. The Hall–Kier alpha value is 6.61. The van der Waals surface area contributed by atoms with Crippen molar-refractivity contribution in [1.82, 2.24) is 0 Å². The third-order valence-corrected chi connectivity index (χ3v) is 3.28. The number of aliphatic hydroxyl groups excluding tert-OH is 3. The van der Waals surface area contributed by atoms with Crippen molar-refractivity contribution in [2.75, 3.05) is 6.61 Å². The van der Waals surface area contributed by atoms with Crippen molar-refractivity contribution in [3.8, 4) is 0 Å². The number of phosphoric ester groups is 2. The standard InChI is InChI=1S/C6H14O12P2.4K/c7-3-2(1-16-19(10,11)12)17-6(5(9)4(3)8)18-20(13,14)15;;;;/h2-9H,1H2,(H2,10,11,12)(H2,13,14,15);;;;/t2-,3-,4+,5-,6?;;;;/m1..../s1. The van der Waals surface area contributed by atoms with E-state index in [1.54, 1.807) is 0 Å². The summed E-state index contributed by atoms with van der Waals surface area (Å²) in [5, 5.41) is 28.4. The first-order chi connectivity index (χ1) is 8.91. The van der Waals surface area contributed by atoms with Gasteiger partial charge in [0.2, 0.25) is 0 Å². The minimum absolute atomic E-state index is 0. The van der Waals surface area contributed by atoms with Gasteiger partial charge in [0.25, 0.3) is 0 Å². The molecule has 24 heavy (non-hydrogen) atoms. The van der Waals surface area contributed by atoms with Crippen LogP contribution in [0.1, 0.15) is 0 Å². The number of hydrogen-bond donors (Lipinski definition) is 7. The zero-order valence-electron chi connectivity index (χ0n) is 13.7.